The number of carbonyl (C=O) groups excluding carboxylic acids is 1. The maximum absolute atomic E-state index is 12.5. The Hall–Kier alpha value is -1.99. The summed E-state index contributed by atoms with van der Waals surface area (Å²) in [5, 5.41) is 3.19. The molecule has 0 bridgehead atoms. The Labute approximate surface area is 138 Å². The van der Waals surface area contributed by atoms with E-state index in [1.165, 1.54) is 12.3 Å². The lowest BCUT2D eigenvalue weighted by Crippen LogP contribution is -2.35. The van der Waals surface area contributed by atoms with Crippen molar-refractivity contribution in [2.24, 2.45) is 0 Å². The number of nitrogens with zero attached hydrogens (tertiary/aromatic N) is 3. The van der Waals surface area contributed by atoms with Gasteiger partial charge >= 0.3 is 0 Å². The van der Waals surface area contributed by atoms with Crippen molar-refractivity contribution in [3.8, 4) is 0 Å². The van der Waals surface area contributed by atoms with Crippen LogP contribution in [0.2, 0.25) is 0 Å². The molecule has 1 N–H and O–H groups in total. The van der Waals surface area contributed by atoms with Crippen molar-refractivity contribution in [1.29, 1.82) is 0 Å². The van der Waals surface area contributed by atoms with Crippen LogP contribution in [0.1, 0.15) is 27.5 Å². The summed E-state index contributed by atoms with van der Waals surface area (Å²) >= 11 is 1.67. The van der Waals surface area contributed by atoms with E-state index in [4.69, 9.17) is 0 Å². The average Bonchev–Trinajstić information content (AvgIpc) is 2.81. The number of aryl methyl sites for hydroxylation is 1. The van der Waals surface area contributed by atoms with Gasteiger partial charge in [0.25, 0.3) is 5.91 Å². The molecule has 0 saturated carbocycles. The fourth-order valence-corrected chi connectivity index (χ4v) is 3.37. The summed E-state index contributed by atoms with van der Waals surface area (Å²) in [5.74, 6) is -0.0207. The number of amides is 1. The zero-order chi connectivity index (χ0) is 16.2. The monoisotopic (exact) mass is 332 g/mol. The lowest BCUT2D eigenvalue weighted by Gasteiger charge is -2.21. The van der Waals surface area contributed by atoms with E-state index in [-0.39, 0.29) is 11.5 Å². The predicted molar refractivity (Wildman–Crippen MR) is 89.7 cm³/mol. The number of thiazole rings is 1. The number of aromatic nitrogens is 2. The third-order valence-electron chi connectivity index (χ3n) is 3.96. The summed E-state index contributed by atoms with van der Waals surface area (Å²) in [5.41, 5.74) is 1.45. The molecule has 23 heavy (non-hydrogen) atoms. The Morgan fingerprint density at radius 1 is 1.30 bits per heavy atom. The fraction of sp³-hybridized carbons (Fsp3) is 0.438. The maximum atomic E-state index is 12.5. The van der Waals surface area contributed by atoms with Crippen LogP contribution in [-0.2, 0) is 6.54 Å². The van der Waals surface area contributed by atoms with E-state index in [1.54, 1.807) is 17.4 Å². The van der Waals surface area contributed by atoms with Crippen molar-refractivity contribution in [3.05, 3.63) is 50.3 Å². The van der Waals surface area contributed by atoms with Gasteiger partial charge < -0.3 is 9.88 Å². The maximum Gasteiger partial charge on any atom is 0.255 e. The number of pyridine rings is 1. The topological polar surface area (TPSA) is 69.3 Å². The Morgan fingerprint density at radius 3 is 2.87 bits per heavy atom. The molecule has 0 aromatic carbocycles. The molecule has 3 heterocycles. The normalized spacial score (nSPS) is 16.3. The molecule has 0 aliphatic carbocycles. The standard InChI is InChI=1S/C16H20N4O2S/c1-12-18-14(11-23-12)10-19-5-2-6-20(8-7-19)16(22)13-3-4-15(21)17-9-13/h3-4,9,11H,2,5-8,10H2,1H3,(H,17,21). The van der Waals surface area contributed by atoms with Crippen molar-refractivity contribution in [2.75, 3.05) is 26.2 Å². The minimum Gasteiger partial charge on any atom is -0.337 e. The molecule has 1 amide bonds. The van der Waals surface area contributed by atoms with E-state index in [1.807, 2.05) is 11.8 Å². The van der Waals surface area contributed by atoms with Gasteiger partial charge in [-0.05, 0) is 19.4 Å². The minimum absolute atomic E-state index is 0.0207. The second-order valence-electron chi connectivity index (χ2n) is 5.72. The lowest BCUT2D eigenvalue weighted by molar-refractivity contribution is 0.0760. The first kappa shape index (κ1) is 15.9. The summed E-state index contributed by atoms with van der Waals surface area (Å²) in [6.07, 6.45) is 2.43. The van der Waals surface area contributed by atoms with Gasteiger partial charge in [-0.1, -0.05) is 0 Å². The predicted octanol–water partition coefficient (Wildman–Crippen LogP) is 1.49. The number of aromatic amines is 1. The van der Waals surface area contributed by atoms with E-state index in [2.05, 4.69) is 20.2 Å². The highest BCUT2D eigenvalue weighted by molar-refractivity contribution is 7.09. The van der Waals surface area contributed by atoms with Gasteiger partial charge in [0.2, 0.25) is 5.56 Å². The van der Waals surface area contributed by atoms with Gasteiger partial charge in [-0.15, -0.1) is 11.3 Å². The molecular formula is C16H20N4O2S. The van der Waals surface area contributed by atoms with Crippen LogP contribution in [-0.4, -0.2) is 51.9 Å². The van der Waals surface area contributed by atoms with E-state index >= 15 is 0 Å². The first-order valence-corrected chi connectivity index (χ1v) is 8.61. The molecule has 6 nitrogen and oxygen atoms in total. The molecule has 0 radical (unpaired) electrons. The summed E-state index contributed by atoms with van der Waals surface area (Å²) in [7, 11) is 0. The van der Waals surface area contributed by atoms with Crippen LogP contribution in [0.4, 0.5) is 0 Å². The van der Waals surface area contributed by atoms with Crippen molar-refractivity contribution >= 4 is 17.2 Å². The second-order valence-corrected chi connectivity index (χ2v) is 6.78. The van der Waals surface area contributed by atoms with Crippen molar-refractivity contribution in [3.63, 3.8) is 0 Å². The van der Waals surface area contributed by atoms with Crippen LogP contribution in [0.25, 0.3) is 0 Å². The molecule has 1 aliphatic rings. The Kier molecular flexibility index (Phi) is 4.88. The minimum atomic E-state index is -0.192. The average molecular weight is 332 g/mol. The molecule has 2 aromatic rings. The Bertz CT molecular complexity index is 719. The van der Waals surface area contributed by atoms with Crippen molar-refractivity contribution in [1.82, 2.24) is 19.8 Å². The molecule has 0 unspecified atom stereocenters. The number of H-pyrrole nitrogens is 1. The van der Waals surface area contributed by atoms with E-state index in [0.717, 1.165) is 43.3 Å². The van der Waals surface area contributed by atoms with Gasteiger partial charge in [0.15, 0.2) is 0 Å². The van der Waals surface area contributed by atoms with Gasteiger partial charge in [0.05, 0.1) is 16.3 Å². The molecule has 1 aliphatic heterocycles. The zero-order valence-electron chi connectivity index (χ0n) is 13.1. The van der Waals surface area contributed by atoms with Crippen LogP contribution in [0, 0.1) is 6.92 Å². The molecule has 2 aromatic heterocycles. The number of rotatable bonds is 3. The quantitative estimate of drug-likeness (QED) is 0.924. The Balaban J connectivity index is 1.60. The largest absolute Gasteiger partial charge is 0.337 e. The van der Waals surface area contributed by atoms with Gasteiger partial charge in [0, 0.05) is 50.4 Å². The summed E-state index contributed by atoms with van der Waals surface area (Å²) in [6.45, 7) is 6.09. The number of nitrogens with one attached hydrogen (secondary N) is 1. The van der Waals surface area contributed by atoms with Gasteiger partial charge in [-0.2, -0.15) is 0 Å². The number of hydrogen-bond acceptors (Lipinski definition) is 5. The van der Waals surface area contributed by atoms with Gasteiger partial charge in [-0.3, -0.25) is 14.5 Å². The lowest BCUT2D eigenvalue weighted by atomic mass is 10.2. The van der Waals surface area contributed by atoms with Gasteiger partial charge in [0.1, 0.15) is 0 Å². The van der Waals surface area contributed by atoms with Crippen LogP contribution < -0.4 is 5.56 Å². The highest BCUT2D eigenvalue weighted by atomic mass is 32.1. The zero-order valence-corrected chi connectivity index (χ0v) is 13.9. The fourth-order valence-electron chi connectivity index (χ4n) is 2.77. The molecule has 1 saturated heterocycles. The number of hydrogen-bond donors (Lipinski definition) is 1. The highest BCUT2D eigenvalue weighted by Gasteiger charge is 2.20. The summed E-state index contributed by atoms with van der Waals surface area (Å²) < 4.78 is 0. The molecule has 7 heteroatoms. The van der Waals surface area contributed by atoms with Crippen LogP contribution in [0.3, 0.4) is 0 Å². The van der Waals surface area contributed by atoms with Crippen LogP contribution in [0.15, 0.2) is 28.5 Å². The smallest absolute Gasteiger partial charge is 0.255 e. The first-order chi connectivity index (χ1) is 11.1. The molecule has 0 atom stereocenters. The SMILES string of the molecule is Cc1nc(CN2CCCN(C(=O)c3ccc(=O)[nH]c3)CC2)cs1. The third-order valence-corrected chi connectivity index (χ3v) is 4.78. The number of carbonyl (C=O) groups is 1. The van der Waals surface area contributed by atoms with Crippen LogP contribution in [0.5, 0.6) is 0 Å². The Morgan fingerprint density at radius 2 is 2.17 bits per heavy atom. The van der Waals surface area contributed by atoms with Crippen LogP contribution >= 0.6 is 11.3 Å². The van der Waals surface area contributed by atoms with E-state index in [9.17, 15) is 9.59 Å². The van der Waals surface area contributed by atoms with Gasteiger partial charge in [-0.25, -0.2) is 4.98 Å². The molecule has 1 fully saturated rings. The van der Waals surface area contributed by atoms with E-state index < -0.39 is 0 Å². The first-order valence-electron chi connectivity index (χ1n) is 7.73. The second kappa shape index (κ2) is 7.06. The summed E-state index contributed by atoms with van der Waals surface area (Å²) in [4.78, 5) is 34.9. The molecule has 122 valence electrons. The summed E-state index contributed by atoms with van der Waals surface area (Å²) in [6, 6.07) is 2.98. The highest BCUT2D eigenvalue weighted by Crippen LogP contribution is 2.13. The van der Waals surface area contributed by atoms with Crippen molar-refractivity contribution < 1.29 is 4.79 Å². The molecule has 3 rings (SSSR count). The van der Waals surface area contributed by atoms with E-state index in [0.29, 0.717) is 12.1 Å². The third kappa shape index (κ3) is 4.05. The molecular weight excluding hydrogens is 312 g/mol. The van der Waals surface area contributed by atoms with Crippen molar-refractivity contribution in [2.45, 2.75) is 19.9 Å². The molecule has 0 spiro atoms.